The zero-order chi connectivity index (χ0) is 24.6. The first kappa shape index (κ1) is 23.7. The van der Waals surface area contributed by atoms with Gasteiger partial charge in [0.1, 0.15) is 5.82 Å². The van der Waals surface area contributed by atoms with E-state index in [1.807, 2.05) is 24.3 Å². The van der Waals surface area contributed by atoms with Gasteiger partial charge in [-0.15, -0.1) is 0 Å². The van der Waals surface area contributed by atoms with Gasteiger partial charge in [0.15, 0.2) is 0 Å². The Balaban J connectivity index is 1.47. The summed E-state index contributed by atoms with van der Waals surface area (Å²) in [4.78, 5) is 20.0. The molecule has 1 aromatic carbocycles. The number of hydrogen-bond acceptors (Lipinski definition) is 6. The Morgan fingerprint density at radius 2 is 2.06 bits per heavy atom. The first-order valence-electron chi connectivity index (χ1n) is 12.2. The Labute approximate surface area is 203 Å². The van der Waals surface area contributed by atoms with Gasteiger partial charge in [0, 0.05) is 87.1 Å². The van der Waals surface area contributed by atoms with Crippen molar-refractivity contribution in [2.45, 2.75) is 44.6 Å². The molecule has 2 saturated heterocycles. The molecule has 1 aromatic heterocycles. The van der Waals surface area contributed by atoms with Crippen molar-refractivity contribution in [3.63, 3.8) is 0 Å². The molecule has 0 aliphatic carbocycles. The molecule has 2 aromatic rings. The van der Waals surface area contributed by atoms with E-state index >= 15 is 0 Å². The van der Waals surface area contributed by atoms with E-state index in [9.17, 15) is 13.6 Å². The molecule has 4 heterocycles. The molecule has 0 bridgehead atoms. The van der Waals surface area contributed by atoms with Crippen molar-refractivity contribution < 1.29 is 18.3 Å². The number of rotatable bonds is 5. The molecule has 3 aliphatic rings. The van der Waals surface area contributed by atoms with Crippen LogP contribution in [0.2, 0.25) is 0 Å². The van der Waals surface area contributed by atoms with Crippen molar-refractivity contribution in [2.75, 3.05) is 44.3 Å². The summed E-state index contributed by atoms with van der Waals surface area (Å²) >= 11 is 0. The summed E-state index contributed by atoms with van der Waals surface area (Å²) in [5.41, 5.74) is 2.91. The first-order chi connectivity index (χ1) is 16.8. The van der Waals surface area contributed by atoms with Crippen LogP contribution >= 0.6 is 0 Å². The molecule has 9 heteroatoms. The molecule has 2 fully saturated rings. The fraction of sp³-hybridized carbons (Fsp3) is 0.500. The number of carbonyl (C=O) groups is 1. The Morgan fingerprint density at radius 3 is 2.77 bits per heavy atom. The van der Waals surface area contributed by atoms with Crippen LogP contribution in [0.4, 0.5) is 14.6 Å². The number of nitrogens with zero attached hydrogens (tertiary/aromatic N) is 3. The van der Waals surface area contributed by atoms with Crippen molar-refractivity contribution in [1.82, 2.24) is 15.2 Å². The maximum absolute atomic E-state index is 13.7. The van der Waals surface area contributed by atoms with Gasteiger partial charge in [-0.05, 0) is 24.3 Å². The predicted molar refractivity (Wildman–Crippen MR) is 131 cm³/mol. The highest BCUT2D eigenvalue weighted by molar-refractivity contribution is 6.18. The van der Waals surface area contributed by atoms with Gasteiger partial charge in [0.2, 0.25) is 5.91 Å². The van der Waals surface area contributed by atoms with Crippen molar-refractivity contribution >= 4 is 28.2 Å². The van der Waals surface area contributed by atoms with E-state index in [4.69, 9.17) is 10.1 Å². The summed E-state index contributed by atoms with van der Waals surface area (Å²) in [5.74, 6) is -2.17. The highest BCUT2D eigenvalue weighted by atomic mass is 19.3. The second-order valence-electron chi connectivity index (χ2n) is 9.65. The molecule has 0 unspecified atom stereocenters. The van der Waals surface area contributed by atoms with Crippen molar-refractivity contribution in [1.29, 1.82) is 5.41 Å². The van der Waals surface area contributed by atoms with Crippen LogP contribution in [-0.2, 0) is 9.53 Å². The van der Waals surface area contributed by atoms with Crippen LogP contribution in [0.25, 0.3) is 10.8 Å². The van der Waals surface area contributed by atoms with Crippen LogP contribution in [0, 0.1) is 5.41 Å². The lowest BCUT2D eigenvalue weighted by Gasteiger charge is -2.34. The molecule has 35 heavy (non-hydrogen) atoms. The zero-order valence-corrected chi connectivity index (χ0v) is 19.9. The zero-order valence-electron chi connectivity index (χ0n) is 19.9. The van der Waals surface area contributed by atoms with Gasteiger partial charge in [-0.1, -0.05) is 18.2 Å². The number of carbonyl (C=O) groups excluding carboxylic acids is 1. The van der Waals surface area contributed by atoms with Crippen LogP contribution in [0.15, 0.2) is 41.7 Å². The van der Waals surface area contributed by atoms with E-state index in [-0.39, 0.29) is 25.4 Å². The summed E-state index contributed by atoms with van der Waals surface area (Å²) in [6, 6.07) is 7.81. The third-order valence-corrected chi connectivity index (χ3v) is 7.21. The normalized spacial score (nSPS) is 21.0. The monoisotopic (exact) mass is 483 g/mol. The maximum Gasteiger partial charge on any atom is 0.266 e. The molecule has 0 spiro atoms. The number of nitrogens with one attached hydrogen (secondary N) is 2. The van der Waals surface area contributed by atoms with E-state index < -0.39 is 5.92 Å². The molecule has 0 radical (unpaired) electrons. The molecule has 0 atom stereocenters. The fourth-order valence-corrected chi connectivity index (χ4v) is 5.15. The smallest absolute Gasteiger partial charge is 0.266 e. The second kappa shape index (κ2) is 9.53. The van der Waals surface area contributed by atoms with Crippen LogP contribution < -0.4 is 10.2 Å². The number of aromatic nitrogens is 1. The fourth-order valence-electron chi connectivity index (χ4n) is 5.15. The lowest BCUT2D eigenvalue weighted by atomic mass is 9.92. The number of pyridine rings is 1. The minimum absolute atomic E-state index is 0.00735. The van der Waals surface area contributed by atoms with Gasteiger partial charge in [0.25, 0.3) is 5.92 Å². The number of anilines is 1. The number of amides is 1. The lowest BCUT2D eigenvalue weighted by Crippen LogP contribution is -2.43. The first-order valence-corrected chi connectivity index (χ1v) is 12.2. The van der Waals surface area contributed by atoms with Crippen molar-refractivity contribution in [2.24, 2.45) is 0 Å². The van der Waals surface area contributed by atoms with Crippen LogP contribution in [0.3, 0.4) is 0 Å². The Kier molecular flexibility index (Phi) is 6.44. The third kappa shape index (κ3) is 5.00. The highest BCUT2D eigenvalue weighted by Gasteiger charge is 2.38. The SMILES string of the molecule is CC(=O)N1CCC(NC2CCOCC2)=C(C(=N)c2cccc3cc(N4CCC(F)(F)C4)ncc23)C1. The molecule has 3 aliphatic heterocycles. The molecule has 7 nitrogen and oxygen atoms in total. The van der Waals surface area contributed by atoms with E-state index in [0.29, 0.717) is 37.1 Å². The Morgan fingerprint density at radius 1 is 1.26 bits per heavy atom. The topological polar surface area (TPSA) is 81.6 Å². The Bertz CT molecular complexity index is 1180. The summed E-state index contributed by atoms with van der Waals surface area (Å²) < 4.78 is 32.9. The minimum atomic E-state index is -2.69. The van der Waals surface area contributed by atoms with Gasteiger partial charge in [-0.25, -0.2) is 13.8 Å². The average molecular weight is 484 g/mol. The summed E-state index contributed by atoms with van der Waals surface area (Å²) in [7, 11) is 0. The minimum Gasteiger partial charge on any atom is -0.385 e. The average Bonchev–Trinajstić information content (AvgIpc) is 3.23. The number of alkyl halides is 2. The largest absolute Gasteiger partial charge is 0.385 e. The molecule has 2 N–H and O–H groups in total. The molecule has 5 rings (SSSR count). The van der Waals surface area contributed by atoms with E-state index in [2.05, 4.69) is 10.3 Å². The van der Waals surface area contributed by atoms with Crippen LogP contribution in [0.1, 0.15) is 38.2 Å². The highest BCUT2D eigenvalue weighted by Crippen LogP contribution is 2.32. The molecule has 0 saturated carbocycles. The molecular formula is C26H31F2N5O2. The lowest BCUT2D eigenvalue weighted by molar-refractivity contribution is -0.128. The van der Waals surface area contributed by atoms with Gasteiger partial charge < -0.3 is 19.9 Å². The number of hydrogen-bond donors (Lipinski definition) is 2. The second-order valence-corrected chi connectivity index (χ2v) is 9.65. The van der Waals surface area contributed by atoms with Gasteiger partial charge in [-0.2, -0.15) is 0 Å². The van der Waals surface area contributed by atoms with Crippen LogP contribution in [0.5, 0.6) is 0 Å². The quantitative estimate of drug-likeness (QED) is 0.634. The molecule has 186 valence electrons. The maximum atomic E-state index is 13.7. The third-order valence-electron chi connectivity index (χ3n) is 7.21. The standard InChI is InChI=1S/C26H31F2N5O2/c1-17(34)32-9-5-23(31-19-6-11-35-12-7-19)22(15-32)25(29)20-4-2-3-18-13-24(30-14-21(18)20)33-10-8-26(27,28)16-33/h2-4,13-14,19,29,31H,5-12,15-16H2,1H3. The van der Waals surface area contributed by atoms with Crippen molar-refractivity contribution in [3.8, 4) is 0 Å². The summed E-state index contributed by atoms with van der Waals surface area (Å²) in [6.45, 7) is 3.95. The van der Waals surface area contributed by atoms with Gasteiger partial charge in [0.05, 0.1) is 12.3 Å². The predicted octanol–water partition coefficient (Wildman–Crippen LogP) is 3.72. The number of ether oxygens (including phenoxy) is 1. The summed E-state index contributed by atoms with van der Waals surface area (Å²) in [5, 5.41) is 14.5. The number of benzene rings is 1. The van der Waals surface area contributed by atoms with Gasteiger partial charge in [-0.3, -0.25) is 10.2 Å². The number of halogens is 2. The van der Waals surface area contributed by atoms with E-state index in [1.54, 1.807) is 22.9 Å². The number of fused-ring (bicyclic) bond motifs is 1. The summed E-state index contributed by atoms with van der Waals surface area (Å²) in [6.07, 6.45) is 4.02. The van der Waals surface area contributed by atoms with E-state index in [0.717, 1.165) is 53.7 Å². The molecular weight excluding hydrogens is 452 g/mol. The van der Waals surface area contributed by atoms with Crippen LogP contribution in [-0.4, -0.2) is 72.9 Å². The van der Waals surface area contributed by atoms with Crippen molar-refractivity contribution in [3.05, 3.63) is 47.3 Å². The Hall–Kier alpha value is -3.07. The molecule has 1 amide bonds. The van der Waals surface area contributed by atoms with Gasteiger partial charge >= 0.3 is 0 Å². The van der Waals surface area contributed by atoms with E-state index in [1.165, 1.54) is 0 Å².